The average Bonchev–Trinajstić information content (AvgIpc) is 3.09. The van der Waals surface area contributed by atoms with Crippen molar-refractivity contribution in [1.29, 1.82) is 0 Å². The summed E-state index contributed by atoms with van der Waals surface area (Å²) >= 11 is 7.09. The molecule has 3 aromatic carbocycles. The first-order valence-electron chi connectivity index (χ1n) is 17.2. The molecular weight excluding hydrogens is 646 g/mol. The molecule has 1 N–H and O–H groups in total. The number of hydrogen-bond acceptors (Lipinski definition) is 9. The summed E-state index contributed by atoms with van der Waals surface area (Å²) in [4.78, 5) is 41.0. The highest BCUT2D eigenvalue weighted by atomic mass is 35.5. The number of carbonyl (C=O) groups excluding carboxylic acids is 3. The first-order valence-corrected chi connectivity index (χ1v) is 17.5. The van der Waals surface area contributed by atoms with Crippen molar-refractivity contribution in [2.24, 2.45) is 0 Å². The summed E-state index contributed by atoms with van der Waals surface area (Å²) in [5.74, 6) is -2.81. The van der Waals surface area contributed by atoms with Crippen LogP contribution in [0, 0.1) is 0 Å². The van der Waals surface area contributed by atoms with Crippen molar-refractivity contribution in [3.63, 3.8) is 0 Å². The van der Waals surface area contributed by atoms with E-state index in [0.717, 1.165) is 25.9 Å². The summed E-state index contributed by atoms with van der Waals surface area (Å²) in [7, 11) is 0. The fourth-order valence-corrected chi connectivity index (χ4v) is 6.44. The van der Waals surface area contributed by atoms with Gasteiger partial charge in [0.25, 0.3) is 0 Å². The molecule has 2 aliphatic heterocycles. The molecule has 2 bridgehead atoms. The Morgan fingerprint density at radius 2 is 1.39 bits per heavy atom. The van der Waals surface area contributed by atoms with Crippen LogP contribution in [0.5, 0.6) is 23.0 Å². The first-order chi connectivity index (χ1) is 23.7. The Morgan fingerprint density at radius 3 is 2.06 bits per heavy atom. The van der Waals surface area contributed by atoms with Gasteiger partial charge in [-0.3, -0.25) is 9.59 Å². The standard InChI is InChI=1S/C39H44ClNO8/c1-3-41(4-2)23-13-8-6-5-7-9-14-24-46-29-19-17-27(18-20-29)34(35(40)28-15-11-10-12-16-28)30-21-22-31-37-36(30)48-33(43)26-39(45,38(44)49-37)25-32(42)47-31/h10-12,15-22,45H,3-9,13-14,23-26H2,1-2H3/b35-34+. The topological polar surface area (TPSA) is 112 Å². The number of hydrogen-bond donors (Lipinski definition) is 1. The van der Waals surface area contributed by atoms with Crippen LogP contribution < -0.4 is 18.9 Å². The number of rotatable bonds is 16. The maximum atomic E-state index is 13.0. The van der Waals surface area contributed by atoms with Crippen molar-refractivity contribution in [1.82, 2.24) is 4.90 Å². The van der Waals surface area contributed by atoms with Gasteiger partial charge in [-0.2, -0.15) is 0 Å². The minimum atomic E-state index is -2.42. The maximum absolute atomic E-state index is 13.0. The van der Waals surface area contributed by atoms with Gasteiger partial charge in [0.2, 0.25) is 5.75 Å². The van der Waals surface area contributed by atoms with Crippen LogP contribution in [0.3, 0.4) is 0 Å². The van der Waals surface area contributed by atoms with Gasteiger partial charge >= 0.3 is 17.9 Å². The largest absolute Gasteiger partial charge is 0.494 e. The molecule has 5 rings (SSSR count). The summed E-state index contributed by atoms with van der Waals surface area (Å²) in [6.45, 7) is 8.47. The summed E-state index contributed by atoms with van der Waals surface area (Å²) in [6, 6.07) is 19.7. The van der Waals surface area contributed by atoms with Crippen LogP contribution in [0.15, 0.2) is 66.7 Å². The van der Waals surface area contributed by atoms with Crippen molar-refractivity contribution in [3.8, 4) is 23.0 Å². The van der Waals surface area contributed by atoms with Crippen molar-refractivity contribution >= 4 is 40.1 Å². The predicted octanol–water partition coefficient (Wildman–Crippen LogP) is 7.55. The fraction of sp³-hybridized carbons (Fsp3) is 0.410. The Hall–Kier alpha value is -4.18. The smallest absolute Gasteiger partial charge is 0.345 e. The third kappa shape index (κ3) is 9.09. The molecule has 1 unspecified atom stereocenters. The van der Waals surface area contributed by atoms with E-state index >= 15 is 0 Å². The van der Waals surface area contributed by atoms with Gasteiger partial charge in [-0.05, 0) is 67.9 Å². The molecule has 1 atom stereocenters. The van der Waals surface area contributed by atoms with Crippen molar-refractivity contribution in [3.05, 3.63) is 83.4 Å². The zero-order valence-electron chi connectivity index (χ0n) is 28.2. The Balaban J connectivity index is 1.32. The van der Waals surface area contributed by atoms with E-state index in [9.17, 15) is 19.5 Å². The third-order valence-corrected chi connectivity index (χ3v) is 9.31. The SMILES string of the molecule is CCN(CC)CCCCCCCCCOc1ccc(/C(=C(\Cl)c2ccccc2)c2ccc3c4c2OC(=O)CC(O)(CC(=O)O3)C(=O)O4)cc1. The lowest BCUT2D eigenvalue weighted by molar-refractivity contribution is -0.170. The highest BCUT2D eigenvalue weighted by molar-refractivity contribution is 6.53. The number of ether oxygens (including phenoxy) is 4. The number of carbonyl (C=O) groups is 3. The molecule has 0 amide bonds. The van der Waals surface area contributed by atoms with Crippen molar-refractivity contribution < 1.29 is 38.4 Å². The van der Waals surface area contributed by atoms with E-state index in [0.29, 0.717) is 39.7 Å². The molecule has 49 heavy (non-hydrogen) atoms. The molecule has 0 aliphatic carbocycles. The van der Waals surface area contributed by atoms with E-state index < -0.39 is 36.4 Å². The van der Waals surface area contributed by atoms with Crippen LogP contribution >= 0.6 is 11.6 Å². The Morgan fingerprint density at radius 1 is 0.755 bits per heavy atom. The second-order valence-electron chi connectivity index (χ2n) is 12.4. The van der Waals surface area contributed by atoms with E-state index in [1.807, 2.05) is 54.6 Å². The van der Waals surface area contributed by atoms with E-state index in [2.05, 4.69) is 18.7 Å². The molecule has 0 aromatic heterocycles. The predicted molar refractivity (Wildman–Crippen MR) is 188 cm³/mol. The molecule has 0 saturated carbocycles. The molecule has 0 radical (unpaired) electrons. The highest BCUT2D eigenvalue weighted by Gasteiger charge is 2.48. The number of aliphatic hydroxyl groups is 1. The Kier molecular flexibility index (Phi) is 12.5. The van der Waals surface area contributed by atoms with Crippen LogP contribution in [0.1, 0.15) is 88.3 Å². The normalized spacial score (nSPS) is 17.7. The number of halogens is 1. The quantitative estimate of drug-likeness (QED) is 0.0705. The summed E-state index contributed by atoms with van der Waals surface area (Å²) in [6.07, 6.45) is 6.79. The maximum Gasteiger partial charge on any atom is 0.345 e. The lowest BCUT2D eigenvalue weighted by Crippen LogP contribution is -2.48. The summed E-state index contributed by atoms with van der Waals surface area (Å²) in [5, 5.41) is 11.1. The van der Waals surface area contributed by atoms with Gasteiger partial charge in [-0.25, -0.2) is 4.79 Å². The molecule has 2 aliphatic rings. The van der Waals surface area contributed by atoms with E-state index in [4.69, 9.17) is 30.5 Å². The van der Waals surface area contributed by atoms with Gasteiger partial charge in [0.05, 0.1) is 24.5 Å². The van der Waals surface area contributed by atoms with Crippen LogP contribution in [0.25, 0.3) is 10.6 Å². The van der Waals surface area contributed by atoms with Crippen LogP contribution in [-0.4, -0.2) is 59.8 Å². The molecule has 2 heterocycles. The van der Waals surface area contributed by atoms with E-state index in [1.54, 1.807) is 6.07 Å². The number of nitrogens with zero attached hydrogens (tertiary/aromatic N) is 1. The highest BCUT2D eigenvalue weighted by Crippen LogP contribution is 2.49. The monoisotopic (exact) mass is 689 g/mol. The van der Waals surface area contributed by atoms with Gasteiger partial charge in [0.1, 0.15) is 5.75 Å². The molecule has 0 spiro atoms. The van der Waals surface area contributed by atoms with Crippen LogP contribution in [0.2, 0.25) is 0 Å². The number of fused-ring (bicyclic) bond motifs is 2. The molecule has 3 aromatic rings. The lowest BCUT2D eigenvalue weighted by Gasteiger charge is -2.30. The molecule has 9 nitrogen and oxygen atoms in total. The zero-order valence-corrected chi connectivity index (χ0v) is 28.9. The molecule has 10 heteroatoms. The zero-order chi connectivity index (χ0) is 34.8. The number of esters is 3. The first kappa shape index (κ1) is 36.1. The number of unbranched alkanes of at least 4 members (excludes halogenated alkanes) is 6. The lowest BCUT2D eigenvalue weighted by atomic mass is 9.92. The molecular formula is C39H44ClNO8. The summed E-state index contributed by atoms with van der Waals surface area (Å²) < 4.78 is 22.7. The Labute approximate surface area is 292 Å². The fourth-order valence-electron chi connectivity index (χ4n) is 6.10. The van der Waals surface area contributed by atoms with Crippen LogP contribution in [0.4, 0.5) is 0 Å². The minimum Gasteiger partial charge on any atom is -0.494 e. The second kappa shape index (κ2) is 17.0. The molecule has 0 fully saturated rings. The van der Waals surface area contributed by atoms with Gasteiger partial charge < -0.3 is 29.0 Å². The Bertz CT molecular complexity index is 1650. The van der Waals surface area contributed by atoms with Gasteiger partial charge in [-0.1, -0.05) is 100 Å². The molecule has 0 saturated heterocycles. The number of benzene rings is 3. The van der Waals surface area contributed by atoms with Crippen LogP contribution in [-0.2, 0) is 14.4 Å². The van der Waals surface area contributed by atoms with Crippen molar-refractivity contribution in [2.45, 2.75) is 77.2 Å². The van der Waals surface area contributed by atoms with Crippen molar-refractivity contribution in [2.75, 3.05) is 26.2 Å². The van der Waals surface area contributed by atoms with E-state index in [-0.39, 0.29) is 17.2 Å². The van der Waals surface area contributed by atoms with Gasteiger partial charge in [0, 0.05) is 11.1 Å². The second-order valence-corrected chi connectivity index (χ2v) is 12.8. The summed E-state index contributed by atoms with van der Waals surface area (Å²) in [5.41, 5.74) is -0.264. The molecule has 260 valence electrons. The third-order valence-electron chi connectivity index (χ3n) is 8.90. The van der Waals surface area contributed by atoms with Gasteiger partial charge in [-0.15, -0.1) is 0 Å². The van der Waals surface area contributed by atoms with E-state index in [1.165, 1.54) is 44.7 Å². The minimum absolute atomic E-state index is 0.122. The average molecular weight is 690 g/mol. The van der Waals surface area contributed by atoms with Gasteiger partial charge in [0.15, 0.2) is 17.1 Å².